The van der Waals surface area contributed by atoms with Gasteiger partial charge in [0.2, 0.25) is 0 Å². The summed E-state index contributed by atoms with van der Waals surface area (Å²) in [6.45, 7) is 1.91. The van der Waals surface area contributed by atoms with E-state index in [1.54, 1.807) is 14.2 Å². The van der Waals surface area contributed by atoms with Crippen LogP contribution in [0.3, 0.4) is 0 Å². The average Bonchev–Trinajstić information content (AvgIpc) is 3.00. The fourth-order valence-corrected chi connectivity index (χ4v) is 2.17. The predicted octanol–water partition coefficient (Wildman–Crippen LogP) is 3.02. The first kappa shape index (κ1) is 16.6. The van der Waals surface area contributed by atoms with Crippen LogP contribution in [0, 0.1) is 0 Å². The lowest BCUT2D eigenvalue weighted by Gasteiger charge is -2.10. The summed E-state index contributed by atoms with van der Waals surface area (Å²) in [5.74, 6) is 2.43. The van der Waals surface area contributed by atoms with Crippen LogP contribution in [-0.2, 0) is 11.3 Å². The number of furan rings is 1. The van der Waals surface area contributed by atoms with Gasteiger partial charge in [-0.3, -0.25) is 4.99 Å². The van der Waals surface area contributed by atoms with Gasteiger partial charge in [0.25, 0.3) is 0 Å². The van der Waals surface area contributed by atoms with Crippen molar-refractivity contribution in [2.45, 2.75) is 6.54 Å². The molecule has 6 heteroatoms. The van der Waals surface area contributed by atoms with E-state index in [2.05, 4.69) is 31.6 Å². The summed E-state index contributed by atoms with van der Waals surface area (Å²) in [6, 6.07) is 12.0. The number of aliphatic imine (C=N–C) groups is 1. The maximum Gasteiger partial charge on any atom is 0.191 e. The van der Waals surface area contributed by atoms with Crippen molar-refractivity contribution in [1.29, 1.82) is 0 Å². The smallest absolute Gasteiger partial charge is 0.191 e. The molecule has 2 aromatic rings. The highest BCUT2D eigenvalue weighted by atomic mass is 79.9. The van der Waals surface area contributed by atoms with Crippen molar-refractivity contribution < 1.29 is 9.15 Å². The average molecular weight is 366 g/mol. The molecule has 22 heavy (non-hydrogen) atoms. The molecule has 5 nitrogen and oxygen atoms in total. The maximum absolute atomic E-state index is 5.84. The number of ether oxygens (including phenoxy) is 1. The van der Waals surface area contributed by atoms with Crippen LogP contribution in [0.5, 0.6) is 0 Å². The van der Waals surface area contributed by atoms with E-state index in [4.69, 9.17) is 9.15 Å². The number of hydrogen-bond donors (Lipinski definition) is 2. The second kappa shape index (κ2) is 8.60. The zero-order valence-electron chi connectivity index (χ0n) is 12.7. The van der Waals surface area contributed by atoms with Gasteiger partial charge in [-0.25, -0.2) is 0 Å². The molecule has 0 amide bonds. The van der Waals surface area contributed by atoms with Gasteiger partial charge in [-0.2, -0.15) is 0 Å². The lowest BCUT2D eigenvalue weighted by atomic mass is 10.2. The number of benzene rings is 1. The van der Waals surface area contributed by atoms with E-state index in [-0.39, 0.29) is 0 Å². The molecule has 2 N–H and O–H groups in total. The third-order valence-electron chi connectivity index (χ3n) is 3.04. The van der Waals surface area contributed by atoms with Gasteiger partial charge in [-0.05, 0) is 24.3 Å². The number of rotatable bonds is 6. The van der Waals surface area contributed by atoms with E-state index >= 15 is 0 Å². The van der Waals surface area contributed by atoms with Crippen LogP contribution in [0.2, 0.25) is 0 Å². The first-order valence-electron chi connectivity index (χ1n) is 7.01. The highest BCUT2D eigenvalue weighted by Gasteiger charge is 2.05. The topological polar surface area (TPSA) is 58.8 Å². The number of hydrogen-bond acceptors (Lipinski definition) is 3. The molecular formula is C16H20BrN3O2. The van der Waals surface area contributed by atoms with E-state index < -0.39 is 0 Å². The van der Waals surface area contributed by atoms with Crippen molar-refractivity contribution in [1.82, 2.24) is 10.6 Å². The van der Waals surface area contributed by atoms with Crippen molar-refractivity contribution in [3.63, 3.8) is 0 Å². The molecule has 0 aliphatic heterocycles. The van der Waals surface area contributed by atoms with Crippen molar-refractivity contribution in [3.05, 3.63) is 46.6 Å². The van der Waals surface area contributed by atoms with Crippen LogP contribution in [0.4, 0.5) is 0 Å². The summed E-state index contributed by atoms with van der Waals surface area (Å²) in [7, 11) is 3.40. The Morgan fingerprint density at radius 1 is 1.18 bits per heavy atom. The van der Waals surface area contributed by atoms with Gasteiger partial charge in [-0.1, -0.05) is 28.1 Å². The van der Waals surface area contributed by atoms with Crippen LogP contribution in [-0.4, -0.2) is 33.3 Å². The molecule has 1 aromatic heterocycles. The number of halogens is 1. The fourth-order valence-electron chi connectivity index (χ4n) is 1.91. The quantitative estimate of drug-likeness (QED) is 0.469. The zero-order valence-corrected chi connectivity index (χ0v) is 14.3. The number of methoxy groups -OCH3 is 1. The van der Waals surface area contributed by atoms with Gasteiger partial charge in [0.05, 0.1) is 13.2 Å². The molecule has 0 atom stereocenters. The standard InChI is InChI=1S/C16H20BrN3O2/c1-18-16(19-9-10-21-2)20-11-14-7-8-15(22-14)12-3-5-13(17)6-4-12/h3-8H,9-11H2,1-2H3,(H2,18,19,20). The Balaban J connectivity index is 1.90. The molecule has 1 heterocycles. The molecule has 118 valence electrons. The van der Waals surface area contributed by atoms with E-state index in [0.29, 0.717) is 19.7 Å². The van der Waals surface area contributed by atoms with E-state index in [9.17, 15) is 0 Å². The SMILES string of the molecule is CN=C(NCCOC)NCc1ccc(-c2ccc(Br)cc2)o1. The number of guanidine groups is 1. The Kier molecular flexibility index (Phi) is 6.48. The first-order chi connectivity index (χ1) is 10.7. The van der Waals surface area contributed by atoms with Crippen molar-refractivity contribution >= 4 is 21.9 Å². The lowest BCUT2D eigenvalue weighted by molar-refractivity contribution is 0.203. The fraction of sp³-hybridized carbons (Fsp3) is 0.312. The van der Waals surface area contributed by atoms with Crippen LogP contribution in [0.15, 0.2) is 50.3 Å². The molecule has 0 aliphatic carbocycles. The molecule has 2 rings (SSSR count). The van der Waals surface area contributed by atoms with Crippen molar-refractivity contribution in [3.8, 4) is 11.3 Å². The zero-order chi connectivity index (χ0) is 15.8. The third-order valence-corrected chi connectivity index (χ3v) is 3.57. The monoisotopic (exact) mass is 365 g/mol. The summed E-state index contributed by atoms with van der Waals surface area (Å²) >= 11 is 3.43. The Hall–Kier alpha value is -1.79. The van der Waals surface area contributed by atoms with E-state index in [1.165, 1.54) is 0 Å². The van der Waals surface area contributed by atoms with Gasteiger partial charge in [0.1, 0.15) is 11.5 Å². The van der Waals surface area contributed by atoms with Gasteiger partial charge >= 0.3 is 0 Å². The molecule has 0 spiro atoms. The largest absolute Gasteiger partial charge is 0.459 e. The molecule has 0 radical (unpaired) electrons. The molecule has 0 unspecified atom stereocenters. The summed E-state index contributed by atoms with van der Waals surface area (Å²) in [6.07, 6.45) is 0. The summed E-state index contributed by atoms with van der Waals surface area (Å²) in [4.78, 5) is 4.14. The molecular weight excluding hydrogens is 346 g/mol. The van der Waals surface area contributed by atoms with Crippen LogP contribution < -0.4 is 10.6 Å². The molecule has 0 aliphatic rings. The minimum Gasteiger partial charge on any atom is -0.459 e. The minimum atomic E-state index is 0.573. The summed E-state index contributed by atoms with van der Waals surface area (Å²) in [5.41, 5.74) is 1.05. The first-order valence-corrected chi connectivity index (χ1v) is 7.80. The van der Waals surface area contributed by atoms with Gasteiger partial charge in [-0.15, -0.1) is 0 Å². The van der Waals surface area contributed by atoms with E-state index in [1.807, 2.05) is 36.4 Å². The highest BCUT2D eigenvalue weighted by molar-refractivity contribution is 9.10. The molecule has 0 saturated heterocycles. The summed E-state index contributed by atoms with van der Waals surface area (Å²) in [5, 5.41) is 6.35. The Bertz CT molecular complexity index is 608. The second-order valence-electron chi connectivity index (χ2n) is 4.62. The minimum absolute atomic E-state index is 0.573. The van der Waals surface area contributed by atoms with Crippen molar-refractivity contribution in [2.24, 2.45) is 4.99 Å². The van der Waals surface area contributed by atoms with Crippen LogP contribution in [0.1, 0.15) is 5.76 Å². The summed E-state index contributed by atoms with van der Waals surface area (Å²) < 4.78 is 11.9. The lowest BCUT2D eigenvalue weighted by Crippen LogP contribution is -2.38. The maximum atomic E-state index is 5.84. The highest BCUT2D eigenvalue weighted by Crippen LogP contribution is 2.23. The molecule has 0 fully saturated rings. The number of nitrogens with one attached hydrogen (secondary N) is 2. The van der Waals surface area contributed by atoms with Crippen molar-refractivity contribution in [2.75, 3.05) is 27.3 Å². The van der Waals surface area contributed by atoms with Crippen LogP contribution >= 0.6 is 15.9 Å². The molecule has 0 bridgehead atoms. The number of nitrogens with zero attached hydrogens (tertiary/aromatic N) is 1. The predicted molar refractivity (Wildman–Crippen MR) is 91.9 cm³/mol. The van der Waals surface area contributed by atoms with E-state index in [0.717, 1.165) is 27.5 Å². The third kappa shape index (κ3) is 4.89. The van der Waals surface area contributed by atoms with Gasteiger partial charge in [0.15, 0.2) is 5.96 Å². The Morgan fingerprint density at radius 2 is 1.95 bits per heavy atom. The van der Waals surface area contributed by atoms with Gasteiger partial charge < -0.3 is 19.8 Å². The molecule has 0 saturated carbocycles. The normalized spacial score (nSPS) is 11.5. The Labute approximate surface area is 138 Å². The molecule has 1 aromatic carbocycles. The second-order valence-corrected chi connectivity index (χ2v) is 5.53. The van der Waals surface area contributed by atoms with Crippen LogP contribution in [0.25, 0.3) is 11.3 Å². The Morgan fingerprint density at radius 3 is 2.64 bits per heavy atom. The van der Waals surface area contributed by atoms with Gasteiger partial charge in [0, 0.05) is 30.7 Å².